The molecule has 0 saturated carbocycles. The number of nitrogens with zero attached hydrogens (tertiary/aromatic N) is 3. The molecule has 2 aromatic heterocycles. The number of aromatic nitrogens is 3. The molecule has 3 rings (SSSR count). The summed E-state index contributed by atoms with van der Waals surface area (Å²) in [5.74, 6) is -0.133. The molecule has 3 aromatic rings. The largest absolute Gasteiger partial charge is 0.497 e. The number of methoxy groups -OCH3 is 1. The van der Waals surface area contributed by atoms with Gasteiger partial charge in [-0.05, 0) is 17.7 Å². The highest BCUT2D eigenvalue weighted by Gasteiger charge is 2.18. The maximum absolute atomic E-state index is 12.5. The monoisotopic (exact) mass is 383 g/mol. The van der Waals surface area contributed by atoms with E-state index in [9.17, 15) is 19.2 Å². The van der Waals surface area contributed by atoms with Crippen molar-refractivity contribution in [2.75, 3.05) is 7.11 Å². The predicted molar refractivity (Wildman–Crippen MR) is 103 cm³/mol. The number of hydrogen-bond donors (Lipinski definition) is 2. The van der Waals surface area contributed by atoms with Crippen molar-refractivity contribution in [3.8, 4) is 5.75 Å². The second kappa shape index (κ2) is 7.35. The molecule has 2 N–H and O–H groups in total. The van der Waals surface area contributed by atoms with Crippen LogP contribution in [0, 0.1) is 0 Å². The highest BCUT2D eigenvalue weighted by Crippen LogP contribution is 2.11. The summed E-state index contributed by atoms with van der Waals surface area (Å²) in [5.41, 5.74) is 0.791. The number of pyridine rings is 1. The van der Waals surface area contributed by atoms with Crippen molar-refractivity contribution >= 4 is 23.2 Å². The van der Waals surface area contributed by atoms with Crippen LogP contribution in [0.5, 0.6) is 5.75 Å². The number of rotatable bonds is 4. The highest BCUT2D eigenvalue weighted by molar-refractivity contribution is 6.05. The fourth-order valence-electron chi connectivity index (χ4n) is 2.72. The first kappa shape index (κ1) is 18.8. The Kier molecular flexibility index (Phi) is 4.94. The van der Waals surface area contributed by atoms with Crippen LogP contribution in [0.15, 0.2) is 49.8 Å². The third-order valence-electron chi connectivity index (χ3n) is 4.17. The van der Waals surface area contributed by atoms with Crippen LogP contribution < -0.4 is 27.0 Å². The molecule has 2 heterocycles. The van der Waals surface area contributed by atoms with Crippen molar-refractivity contribution in [3.63, 3.8) is 0 Å². The summed E-state index contributed by atoms with van der Waals surface area (Å²) < 4.78 is 7.06. The maximum atomic E-state index is 12.5. The van der Waals surface area contributed by atoms with Crippen molar-refractivity contribution in [2.24, 2.45) is 19.2 Å². The average Bonchev–Trinajstić information content (AvgIpc) is 2.70. The number of benzene rings is 1. The summed E-state index contributed by atoms with van der Waals surface area (Å²) in [6.45, 7) is 0. The minimum absolute atomic E-state index is 0.0393. The molecule has 0 saturated heterocycles. The number of aryl methyl sites for hydroxylation is 1. The number of H-pyrrole nitrogens is 1. The van der Waals surface area contributed by atoms with Gasteiger partial charge in [0.2, 0.25) is 5.56 Å². The molecule has 0 bridgehead atoms. The van der Waals surface area contributed by atoms with Crippen LogP contribution in [-0.2, 0) is 14.1 Å². The second-order valence-corrected chi connectivity index (χ2v) is 5.95. The standard InChI is InChI=1S/C18H17N5O5/c1-22-15-14(17(26)23(2)18(22)27)12(8-13(24)20-15)16(25)21-19-9-10-5-4-6-11(7-10)28-3/h4-9H,1-3H3,(H,20,24)(H,21,25)/b19-9-. The quantitative estimate of drug-likeness (QED) is 0.472. The van der Waals surface area contributed by atoms with Gasteiger partial charge in [0.25, 0.3) is 11.5 Å². The van der Waals surface area contributed by atoms with Crippen LogP contribution >= 0.6 is 0 Å². The van der Waals surface area contributed by atoms with Crippen molar-refractivity contribution in [1.29, 1.82) is 0 Å². The third kappa shape index (κ3) is 3.34. The van der Waals surface area contributed by atoms with E-state index < -0.39 is 22.7 Å². The predicted octanol–water partition coefficient (Wildman–Crippen LogP) is -0.302. The maximum Gasteiger partial charge on any atom is 0.332 e. The van der Waals surface area contributed by atoms with Gasteiger partial charge < -0.3 is 9.72 Å². The number of aromatic amines is 1. The molecule has 0 aliphatic heterocycles. The van der Waals surface area contributed by atoms with Gasteiger partial charge in [0.05, 0.1) is 24.3 Å². The Balaban J connectivity index is 2.02. The molecule has 0 fully saturated rings. The lowest BCUT2D eigenvalue weighted by atomic mass is 10.1. The normalized spacial score (nSPS) is 11.1. The topological polar surface area (TPSA) is 128 Å². The minimum Gasteiger partial charge on any atom is -0.497 e. The molecule has 0 spiro atoms. The Labute approximate surface area is 157 Å². The molecule has 10 heteroatoms. The molecule has 0 radical (unpaired) electrons. The van der Waals surface area contributed by atoms with Gasteiger partial charge in [-0.2, -0.15) is 5.10 Å². The Hall–Kier alpha value is -3.95. The Morgan fingerprint density at radius 3 is 2.64 bits per heavy atom. The van der Waals surface area contributed by atoms with E-state index in [1.165, 1.54) is 27.4 Å². The third-order valence-corrected chi connectivity index (χ3v) is 4.17. The summed E-state index contributed by atoms with van der Waals surface area (Å²) in [5, 5.41) is 3.77. The van der Waals surface area contributed by atoms with Gasteiger partial charge in [-0.25, -0.2) is 10.2 Å². The number of hydrogen-bond acceptors (Lipinski definition) is 6. The van der Waals surface area contributed by atoms with E-state index in [1.807, 2.05) is 0 Å². The Morgan fingerprint density at radius 1 is 1.18 bits per heavy atom. The summed E-state index contributed by atoms with van der Waals surface area (Å²) in [4.78, 5) is 51.4. The minimum atomic E-state index is -0.758. The first-order chi connectivity index (χ1) is 13.3. The van der Waals surface area contributed by atoms with E-state index in [1.54, 1.807) is 24.3 Å². The first-order valence-electron chi connectivity index (χ1n) is 8.14. The number of carbonyl (C=O) groups excluding carboxylic acids is 1. The molecule has 28 heavy (non-hydrogen) atoms. The zero-order chi connectivity index (χ0) is 20.4. The SMILES string of the molecule is COc1cccc(/C=N\NC(=O)c2cc(=O)[nH]c3c2c(=O)n(C)c(=O)n3C)c1. The van der Waals surface area contributed by atoms with Gasteiger partial charge in [-0.3, -0.25) is 23.5 Å². The zero-order valence-electron chi connectivity index (χ0n) is 15.3. The number of ether oxygens (including phenoxy) is 1. The van der Waals surface area contributed by atoms with Gasteiger partial charge in [-0.1, -0.05) is 12.1 Å². The molecular formula is C18H17N5O5. The number of fused-ring (bicyclic) bond motifs is 1. The number of hydrazone groups is 1. The summed E-state index contributed by atoms with van der Waals surface area (Å²) in [6, 6.07) is 7.98. The van der Waals surface area contributed by atoms with Gasteiger partial charge in [0, 0.05) is 20.2 Å². The Morgan fingerprint density at radius 2 is 1.93 bits per heavy atom. The fraction of sp³-hybridized carbons (Fsp3) is 0.167. The van der Waals surface area contributed by atoms with E-state index >= 15 is 0 Å². The molecular weight excluding hydrogens is 366 g/mol. The molecule has 0 aliphatic carbocycles. The van der Waals surface area contributed by atoms with Crippen LogP contribution in [0.2, 0.25) is 0 Å². The molecule has 0 aliphatic rings. The van der Waals surface area contributed by atoms with Gasteiger partial charge in [-0.15, -0.1) is 0 Å². The van der Waals surface area contributed by atoms with E-state index in [-0.39, 0.29) is 16.6 Å². The van der Waals surface area contributed by atoms with Crippen molar-refractivity contribution in [3.05, 3.63) is 72.7 Å². The van der Waals surface area contributed by atoms with E-state index in [0.29, 0.717) is 11.3 Å². The lowest BCUT2D eigenvalue weighted by Gasteiger charge is -2.09. The van der Waals surface area contributed by atoms with Crippen LogP contribution in [-0.4, -0.2) is 33.3 Å². The average molecular weight is 383 g/mol. The molecule has 0 atom stereocenters. The second-order valence-electron chi connectivity index (χ2n) is 5.95. The van der Waals surface area contributed by atoms with E-state index in [2.05, 4.69) is 15.5 Å². The summed E-state index contributed by atoms with van der Waals surface area (Å²) in [7, 11) is 4.21. The zero-order valence-corrected chi connectivity index (χ0v) is 15.3. The smallest absolute Gasteiger partial charge is 0.332 e. The van der Waals surface area contributed by atoms with Gasteiger partial charge in [0.15, 0.2) is 0 Å². The van der Waals surface area contributed by atoms with E-state index in [0.717, 1.165) is 15.2 Å². The number of nitrogens with one attached hydrogen (secondary N) is 2. The highest BCUT2D eigenvalue weighted by atomic mass is 16.5. The van der Waals surface area contributed by atoms with Crippen LogP contribution in [0.3, 0.4) is 0 Å². The molecule has 10 nitrogen and oxygen atoms in total. The Bertz CT molecular complexity index is 1280. The number of amides is 1. The lowest BCUT2D eigenvalue weighted by Crippen LogP contribution is -2.39. The van der Waals surface area contributed by atoms with E-state index in [4.69, 9.17) is 4.74 Å². The molecule has 144 valence electrons. The first-order valence-corrected chi connectivity index (χ1v) is 8.14. The van der Waals surface area contributed by atoms with Crippen LogP contribution in [0.25, 0.3) is 11.0 Å². The lowest BCUT2D eigenvalue weighted by molar-refractivity contribution is 0.0956. The van der Waals surface area contributed by atoms with Crippen molar-refractivity contribution < 1.29 is 9.53 Å². The molecule has 0 unspecified atom stereocenters. The van der Waals surface area contributed by atoms with Crippen molar-refractivity contribution in [1.82, 2.24) is 19.5 Å². The fourth-order valence-corrected chi connectivity index (χ4v) is 2.72. The molecule has 1 aromatic carbocycles. The van der Waals surface area contributed by atoms with Gasteiger partial charge >= 0.3 is 5.69 Å². The van der Waals surface area contributed by atoms with Crippen LogP contribution in [0.4, 0.5) is 0 Å². The molecule has 1 amide bonds. The van der Waals surface area contributed by atoms with Crippen molar-refractivity contribution in [2.45, 2.75) is 0 Å². The van der Waals surface area contributed by atoms with Crippen LogP contribution in [0.1, 0.15) is 15.9 Å². The summed E-state index contributed by atoms with van der Waals surface area (Å²) in [6.07, 6.45) is 1.39. The number of carbonyl (C=O) groups is 1. The van der Waals surface area contributed by atoms with Gasteiger partial charge in [0.1, 0.15) is 11.4 Å². The summed E-state index contributed by atoms with van der Waals surface area (Å²) >= 11 is 0.